The van der Waals surface area contributed by atoms with Crippen molar-refractivity contribution in [1.82, 2.24) is 4.90 Å². The quantitative estimate of drug-likeness (QED) is 0.467. The Labute approximate surface area is 64.7 Å². The van der Waals surface area contributed by atoms with Gasteiger partial charge in [0.2, 0.25) is 5.91 Å². The van der Waals surface area contributed by atoms with E-state index in [0.717, 1.165) is 0 Å². The summed E-state index contributed by atoms with van der Waals surface area (Å²) in [4.78, 5) is 12.3. The summed E-state index contributed by atoms with van der Waals surface area (Å²) in [7, 11) is 0. The summed E-state index contributed by atoms with van der Waals surface area (Å²) in [6.45, 7) is 3.70. The van der Waals surface area contributed by atoms with Gasteiger partial charge in [0, 0.05) is 13.1 Å². The molecular formula is C7H11NO3. The number of nitrogens with zero attached hydrogens (tertiary/aromatic N) is 1. The van der Waals surface area contributed by atoms with Crippen molar-refractivity contribution < 1.29 is 15.0 Å². The van der Waals surface area contributed by atoms with Crippen LogP contribution in [0, 0.1) is 0 Å². The van der Waals surface area contributed by atoms with Gasteiger partial charge in [0.15, 0.2) is 0 Å². The molecule has 1 aliphatic rings. The Bertz CT molecular complexity index is 171. The van der Waals surface area contributed by atoms with Gasteiger partial charge in [-0.05, 0) is 6.08 Å². The van der Waals surface area contributed by atoms with Crippen LogP contribution >= 0.6 is 0 Å². The van der Waals surface area contributed by atoms with Crippen LogP contribution in [0.3, 0.4) is 0 Å². The summed E-state index contributed by atoms with van der Waals surface area (Å²) < 4.78 is 0. The molecule has 1 fully saturated rings. The third-order valence-corrected chi connectivity index (χ3v) is 1.75. The molecule has 4 nitrogen and oxygen atoms in total. The summed E-state index contributed by atoms with van der Waals surface area (Å²) in [5.74, 6) is -0.249. The summed E-state index contributed by atoms with van der Waals surface area (Å²) in [6, 6.07) is 0. The SMILES string of the molecule is C=CC(=O)N1C[C@@H](O)[C@@H](O)C1. The van der Waals surface area contributed by atoms with Crippen LogP contribution in [0.1, 0.15) is 0 Å². The highest BCUT2D eigenvalue weighted by Gasteiger charge is 2.31. The fourth-order valence-corrected chi connectivity index (χ4v) is 1.08. The van der Waals surface area contributed by atoms with Crippen molar-refractivity contribution in [2.45, 2.75) is 12.2 Å². The molecule has 2 atom stereocenters. The monoisotopic (exact) mass is 157 g/mol. The molecule has 0 unspecified atom stereocenters. The van der Waals surface area contributed by atoms with Crippen molar-refractivity contribution in [3.63, 3.8) is 0 Å². The molecule has 4 heteroatoms. The van der Waals surface area contributed by atoms with Gasteiger partial charge < -0.3 is 15.1 Å². The van der Waals surface area contributed by atoms with Gasteiger partial charge in [-0.25, -0.2) is 0 Å². The van der Waals surface area contributed by atoms with Gasteiger partial charge in [0.25, 0.3) is 0 Å². The Kier molecular flexibility index (Phi) is 2.26. The van der Waals surface area contributed by atoms with Crippen molar-refractivity contribution in [2.24, 2.45) is 0 Å². The van der Waals surface area contributed by atoms with Gasteiger partial charge in [0.1, 0.15) is 0 Å². The van der Waals surface area contributed by atoms with Crippen LogP contribution in [0.15, 0.2) is 12.7 Å². The number of carbonyl (C=O) groups is 1. The van der Waals surface area contributed by atoms with Gasteiger partial charge in [-0.15, -0.1) is 0 Å². The van der Waals surface area contributed by atoms with Crippen molar-refractivity contribution in [3.05, 3.63) is 12.7 Å². The molecule has 2 N–H and O–H groups in total. The fraction of sp³-hybridized carbons (Fsp3) is 0.571. The lowest BCUT2D eigenvalue weighted by atomic mass is 10.3. The number of β-amino-alcohol motifs (C(OH)–C–C–N with tert-alkyl or cyclic N) is 2. The Balaban J connectivity index is 2.53. The summed E-state index contributed by atoms with van der Waals surface area (Å²) >= 11 is 0. The predicted octanol–water partition coefficient (Wildman–Crippen LogP) is -1.26. The first-order valence-corrected chi connectivity index (χ1v) is 3.42. The summed E-state index contributed by atoms with van der Waals surface area (Å²) in [5, 5.41) is 18.1. The molecule has 0 saturated carbocycles. The Morgan fingerprint density at radius 3 is 2.27 bits per heavy atom. The highest BCUT2D eigenvalue weighted by Crippen LogP contribution is 2.09. The van der Waals surface area contributed by atoms with E-state index in [-0.39, 0.29) is 19.0 Å². The van der Waals surface area contributed by atoms with E-state index in [1.54, 1.807) is 0 Å². The van der Waals surface area contributed by atoms with Crippen LogP contribution in [0.4, 0.5) is 0 Å². The normalized spacial score (nSPS) is 30.5. The van der Waals surface area contributed by atoms with E-state index >= 15 is 0 Å². The first-order chi connectivity index (χ1) is 5.15. The molecule has 62 valence electrons. The number of hydrogen-bond donors (Lipinski definition) is 2. The Morgan fingerprint density at radius 1 is 1.45 bits per heavy atom. The van der Waals surface area contributed by atoms with Gasteiger partial charge >= 0.3 is 0 Å². The molecule has 1 aliphatic heterocycles. The fourth-order valence-electron chi connectivity index (χ4n) is 1.08. The minimum atomic E-state index is -0.807. The molecule has 0 aromatic rings. The highest BCUT2D eigenvalue weighted by molar-refractivity contribution is 5.87. The largest absolute Gasteiger partial charge is 0.388 e. The maximum atomic E-state index is 10.9. The average molecular weight is 157 g/mol. The van der Waals surface area contributed by atoms with E-state index in [1.165, 1.54) is 11.0 Å². The van der Waals surface area contributed by atoms with Crippen LogP contribution in [-0.2, 0) is 4.79 Å². The van der Waals surface area contributed by atoms with E-state index in [2.05, 4.69) is 6.58 Å². The molecule has 11 heavy (non-hydrogen) atoms. The van der Waals surface area contributed by atoms with Crippen LogP contribution in [0.25, 0.3) is 0 Å². The zero-order chi connectivity index (χ0) is 8.43. The van der Waals surface area contributed by atoms with E-state index < -0.39 is 12.2 Å². The number of aliphatic hydroxyl groups is 2. The molecule has 1 rings (SSSR count). The molecular weight excluding hydrogens is 146 g/mol. The van der Waals surface area contributed by atoms with Crippen molar-refractivity contribution >= 4 is 5.91 Å². The van der Waals surface area contributed by atoms with Crippen molar-refractivity contribution in [3.8, 4) is 0 Å². The third kappa shape index (κ3) is 1.58. The molecule has 1 saturated heterocycles. The molecule has 0 spiro atoms. The van der Waals surface area contributed by atoms with E-state index in [0.29, 0.717) is 0 Å². The van der Waals surface area contributed by atoms with E-state index in [9.17, 15) is 4.79 Å². The molecule has 1 heterocycles. The minimum Gasteiger partial charge on any atom is -0.388 e. The summed E-state index contributed by atoms with van der Waals surface area (Å²) in [6.07, 6.45) is -0.442. The molecule has 1 amide bonds. The van der Waals surface area contributed by atoms with Crippen LogP contribution in [-0.4, -0.2) is 46.3 Å². The maximum absolute atomic E-state index is 10.9. The molecule has 0 aliphatic carbocycles. The highest BCUT2D eigenvalue weighted by atomic mass is 16.3. The van der Waals surface area contributed by atoms with E-state index in [4.69, 9.17) is 10.2 Å². The van der Waals surface area contributed by atoms with Gasteiger partial charge in [-0.1, -0.05) is 6.58 Å². The first-order valence-electron chi connectivity index (χ1n) is 3.42. The number of likely N-dealkylation sites (tertiary alicyclic amines) is 1. The zero-order valence-electron chi connectivity index (χ0n) is 6.10. The molecule has 0 aromatic carbocycles. The number of amides is 1. The number of rotatable bonds is 1. The molecule has 0 aromatic heterocycles. The maximum Gasteiger partial charge on any atom is 0.246 e. The van der Waals surface area contributed by atoms with Gasteiger partial charge in [-0.3, -0.25) is 4.79 Å². The van der Waals surface area contributed by atoms with Gasteiger partial charge in [0.05, 0.1) is 12.2 Å². The van der Waals surface area contributed by atoms with E-state index in [1.807, 2.05) is 0 Å². The van der Waals surface area contributed by atoms with Crippen LogP contribution in [0.2, 0.25) is 0 Å². The summed E-state index contributed by atoms with van der Waals surface area (Å²) in [5.41, 5.74) is 0. The predicted molar refractivity (Wildman–Crippen MR) is 38.8 cm³/mol. The number of aliphatic hydroxyl groups excluding tert-OH is 2. The Hall–Kier alpha value is -0.870. The number of hydrogen-bond acceptors (Lipinski definition) is 3. The smallest absolute Gasteiger partial charge is 0.246 e. The molecule has 0 bridgehead atoms. The lowest BCUT2D eigenvalue weighted by Crippen LogP contribution is -2.27. The van der Waals surface area contributed by atoms with Crippen LogP contribution in [0.5, 0.6) is 0 Å². The first kappa shape index (κ1) is 8.23. The second kappa shape index (κ2) is 3.02. The zero-order valence-corrected chi connectivity index (χ0v) is 6.10. The molecule has 0 radical (unpaired) electrons. The Morgan fingerprint density at radius 2 is 1.91 bits per heavy atom. The van der Waals surface area contributed by atoms with Gasteiger partial charge in [-0.2, -0.15) is 0 Å². The van der Waals surface area contributed by atoms with Crippen molar-refractivity contribution in [2.75, 3.05) is 13.1 Å². The third-order valence-electron chi connectivity index (χ3n) is 1.75. The van der Waals surface area contributed by atoms with Crippen LogP contribution < -0.4 is 0 Å². The van der Waals surface area contributed by atoms with Crippen molar-refractivity contribution in [1.29, 1.82) is 0 Å². The number of carbonyl (C=O) groups excluding carboxylic acids is 1. The standard InChI is InChI=1S/C7H11NO3/c1-2-7(11)8-3-5(9)6(10)4-8/h2,5-6,9-10H,1,3-4H2/t5-,6+. The average Bonchev–Trinajstić information content (AvgIpc) is 2.31. The lowest BCUT2D eigenvalue weighted by molar-refractivity contribution is -0.125. The second-order valence-electron chi connectivity index (χ2n) is 2.58. The topological polar surface area (TPSA) is 60.8 Å². The lowest BCUT2D eigenvalue weighted by Gasteiger charge is -2.11. The second-order valence-corrected chi connectivity index (χ2v) is 2.58. The minimum absolute atomic E-state index is 0.200.